The maximum Gasteiger partial charge on any atom is 0.159 e. The van der Waals surface area contributed by atoms with E-state index in [0.29, 0.717) is 18.1 Å². The average Bonchev–Trinajstić information content (AvgIpc) is 2.42. The molecule has 0 fully saturated rings. The van der Waals surface area contributed by atoms with Gasteiger partial charge in [-0.25, -0.2) is 0 Å². The summed E-state index contributed by atoms with van der Waals surface area (Å²) < 4.78 is 0. The molecule has 0 amide bonds. The Kier molecular flexibility index (Phi) is 3.96. The summed E-state index contributed by atoms with van der Waals surface area (Å²) in [6, 6.07) is 9.91. The molecule has 0 spiro atoms. The van der Waals surface area contributed by atoms with E-state index in [4.69, 9.17) is 16.9 Å². The van der Waals surface area contributed by atoms with Gasteiger partial charge in [0.2, 0.25) is 0 Å². The van der Waals surface area contributed by atoms with E-state index in [0.717, 1.165) is 23.1 Å². The zero-order chi connectivity index (χ0) is 13.0. The van der Waals surface area contributed by atoms with Crippen molar-refractivity contribution < 1.29 is 0 Å². The Labute approximate surface area is 111 Å². The van der Waals surface area contributed by atoms with E-state index in [1.165, 1.54) is 0 Å². The summed E-state index contributed by atoms with van der Waals surface area (Å²) in [4.78, 5) is 2.04. The standard InChI is InChI=1S/C13H13ClN4/c1-2-18(9-5-8-15)13-11-7-4-3-6-10(11)12(14)16-17-13/h3-4,6-7H,2,5,9H2,1H3. The maximum atomic E-state index is 8.68. The summed E-state index contributed by atoms with van der Waals surface area (Å²) in [5, 5.41) is 19.1. The van der Waals surface area contributed by atoms with Crippen LogP contribution in [0, 0.1) is 11.3 Å². The van der Waals surface area contributed by atoms with Gasteiger partial charge in [0.15, 0.2) is 11.0 Å². The second-order valence-electron chi connectivity index (χ2n) is 3.85. The van der Waals surface area contributed by atoms with Crippen molar-refractivity contribution in [3.8, 4) is 6.07 Å². The van der Waals surface area contributed by atoms with Crippen LogP contribution in [0.4, 0.5) is 5.82 Å². The predicted octanol–water partition coefficient (Wildman–Crippen LogP) is 3.02. The monoisotopic (exact) mass is 260 g/mol. The first-order valence-corrected chi connectivity index (χ1v) is 6.18. The number of anilines is 1. The summed E-state index contributed by atoms with van der Waals surface area (Å²) in [7, 11) is 0. The van der Waals surface area contributed by atoms with E-state index < -0.39 is 0 Å². The van der Waals surface area contributed by atoms with Crippen LogP contribution < -0.4 is 4.90 Å². The number of nitrogens with zero attached hydrogens (tertiary/aromatic N) is 4. The molecule has 0 radical (unpaired) electrons. The van der Waals surface area contributed by atoms with Crippen LogP contribution in [0.5, 0.6) is 0 Å². The minimum Gasteiger partial charge on any atom is -0.354 e. The maximum absolute atomic E-state index is 8.68. The molecule has 0 aliphatic rings. The number of halogens is 1. The van der Waals surface area contributed by atoms with Crippen molar-refractivity contribution in [3.05, 3.63) is 29.4 Å². The molecule has 18 heavy (non-hydrogen) atoms. The molecule has 1 aromatic heterocycles. The number of hydrogen-bond donors (Lipinski definition) is 0. The lowest BCUT2D eigenvalue weighted by molar-refractivity contribution is 0.801. The molecular formula is C13H13ClN4. The van der Waals surface area contributed by atoms with Crippen LogP contribution in [0.2, 0.25) is 5.15 Å². The van der Waals surface area contributed by atoms with Crippen LogP contribution in [-0.2, 0) is 0 Å². The molecule has 1 aromatic carbocycles. The van der Waals surface area contributed by atoms with E-state index in [1.54, 1.807) is 0 Å². The normalized spacial score (nSPS) is 10.3. The second kappa shape index (κ2) is 5.65. The van der Waals surface area contributed by atoms with Gasteiger partial charge in [-0.2, -0.15) is 5.26 Å². The van der Waals surface area contributed by atoms with Crippen LogP contribution >= 0.6 is 11.6 Å². The second-order valence-corrected chi connectivity index (χ2v) is 4.21. The number of fused-ring (bicyclic) bond motifs is 1. The van der Waals surface area contributed by atoms with Gasteiger partial charge in [0.25, 0.3) is 0 Å². The first-order valence-electron chi connectivity index (χ1n) is 5.80. The van der Waals surface area contributed by atoms with Crippen molar-refractivity contribution in [2.45, 2.75) is 13.3 Å². The van der Waals surface area contributed by atoms with Gasteiger partial charge in [-0.15, -0.1) is 10.2 Å². The average molecular weight is 261 g/mol. The Morgan fingerprint density at radius 1 is 1.28 bits per heavy atom. The predicted molar refractivity (Wildman–Crippen MR) is 72.7 cm³/mol. The van der Waals surface area contributed by atoms with E-state index in [9.17, 15) is 0 Å². The Balaban J connectivity index is 2.50. The summed E-state index contributed by atoms with van der Waals surface area (Å²) in [6.07, 6.45) is 0.465. The topological polar surface area (TPSA) is 52.8 Å². The minimum absolute atomic E-state index is 0.408. The highest BCUT2D eigenvalue weighted by Gasteiger charge is 2.12. The van der Waals surface area contributed by atoms with Gasteiger partial charge in [-0.05, 0) is 6.92 Å². The van der Waals surface area contributed by atoms with Crippen LogP contribution in [0.15, 0.2) is 24.3 Å². The van der Waals surface area contributed by atoms with E-state index >= 15 is 0 Å². The summed E-state index contributed by atoms with van der Waals surface area (Å²) in [5.74, 6) is 0.785. The Morgan fingerprint density at radius 3 is 2.67 bits per heavy atom. The van der Waals surface area contributed by atoms with Crippen molar-refractivity contribution in [2.24, 2.45) is 0 Å². The molecule has 2 aromatic rings. The molecule has 0 aliphatic heterocycles. The lowest BCUT2D eigenvalue weighted by Crippen LogP contribution is -2.25. The quantitative estimate of drug-likeness (QED) is 0.848. The van der Waals surface area contributed by atoms with E-state index in [-0.39, 0.29) is 0 Å². The molecule has 0 N–H and O–H groups in total. The molecule has 0 aliphatic carbocycles. The summed E-state index contributed by atoms with van der Waals surface area (Å²) in [5.41, 5.74) is 0. The largest absolute Gasteiger partial charge is 0.354 e. The molecule has 4 nitrogen and oxygen atoms in total. The summed E-state index contributed by atoms with van der Waals surface area (Å²) >= 11 is 6.04. The molecule has 0 atom stereocenters. The highest BCUT2D eigenvalue weighted by atomic mass is 35.5. The van der Waals surface area contributed by atoms with Crippen LogP contribution in [0.1, 0.15) is 13.3 Å². The Morgan fingerprint density at radius 2 is 2.00 bits per heavy atom. The molecule has 5 heteroatoms. The number of nitriles is 1. The van der Waals surface area contributed by atoms with Gasteiger partial charge in [0.1, 0.15) is 0 Å². The van der Waals surface area contributed by atoms with Crippen molar-refractivity contribution in [2.75, 3.05) is 18.0 Å². The lowest BCUT2D eigenvalue weighted by atomic mass is 10.2. The van der Waals surface area contributed by atoms with Gasteiger partial charge >= 0.3 is 0 Å². The molecule has 0 bridgehead atoms. The summed E-state index contributed by atoms with van der Waals surface area (Å²) in [6.45, 7) is 3.46. The number of benzene rings is 1. The van der Waals surface area contributed by atoms with Crippen molar-refractivity contribution in [3.63, 3.8) is 0 Å². The molecule has 0 saturated carbocycles. The van der Waals surface area contributed by atoms with E-state index in [2.05, 4.69) is 16.3 Å². The zero-order valence-corrected chi connectivity index (χ0v) is 10.9. The third kappa shape index (κ3) is 2.36. The van der Waals surface area contributed by atoms with Gasteiger partial charge < -0.3 is 4.90 Å². The third-order valence-electron chi connectivity index (χ3n) is 2.80. The molecule has 0 saturated heterocycles. The Bertz CT molecular complexity index is 591. The first kappa shape index (κ1) is 12.6. The first-order chi connectivity index (χ1) is 8.77. The van der Waals surface area contributed by atoms with E-state index in [1.807, 2.05) is 36.1 Å². The van der Waals surface area contributed by atoms with Crippen LogP contribution in [0.25, 0.3) is 10.8 Å². The van der Waals surface area contributed by atoms with Crippen LogP contribution in [0.3, 0.4) is 0 Å². The fraction of sp³-hybridized carbons (Fsp3) is 0.308. The lowest BCUT2D eigenvalue weighted by Gasteiger charge is -2.21. The number of rotatable bonds is 4. The number of hydrogen-bond acceptors (Lipinski definition) is 4. The molecule has 1 heterocycles. The molecular weight excluding hydrogens is 248 g/mol. The highest BCUT2D eigenvalue weighted by molar-refractivity contribution is 6.34. The molecule has 92 valence electrons. The van der Waals surface area contributed by atoms with Crippen molar-refractivity contribution in [1.29, 1.82) is 5.26 Å². The fourth-order valence-electron chi connectivity index (χ4n) is 1.89. The SMILES string of the molecule is CCN(CCC#N)c1nnc(Cl)c2ccccc12. The zero-order valence-electron chi connectivity index (χ0n) is 10.1. The Hall–Kier alpha value is -1.86. The minimum atomic E-state index is 0.408. The molecule has 2 rings (SSSR count). The highest BCUT2D eigenvalue weighted by Crippen LogP contribution is 2.27. The van der Waals surface area contributed by atoms with Crippen molar-refractivity contribution >= 4 is 28.2 Å². The van der Waals surface area contributed by atoms with Crippen LogP contribution in [-0.4, -0.2) is 23.3 Å². The molecule has 0 unspecified atom stereocenters. The smallest absolute Gasteiger partial charge is 0.159 e. The van der Waals surface area contributed by atoms with Crippen molar-refractivity contribution in [1.82, 2.24) is 10.2 Å². The van der Waals surface area contributed by atoms with Gasteiger partial charge in [-0.1, -0.05) is 35.9 Å². The third-order valence-corrected chi connectivity index (χ3v) is 3.08. The van der Waals surface area contributed by atoms with Gasteiger partial charge in [-0.3, -0.25) is 0 Å². The number of aromatic nitrogens is 2. The van der Waals surface area contributed by atoms with Gasteiger partial charge in [0.05, 0.1) is 12.5 Å². The van der Waals surface area contributed by atoms with Gasteiger partial charge in [0, 0.05) is 23.9 Å². The fourth-order valence-corrected chi connectivity index (χ4v) is 2.09.